The topological polar surface area (TPSA) is 65.2 Å². The number of pyridine rings is 1. The molecule has 4 nitrogen and oxygen atoms in total. The molecule has 0 aromatic carbocycles. The summed E-state index contributed by atoms with van der Waals surface area (Å²) in [6.45, 7) is 0.248. The van der Waals surface area contributed by atoms with Gasteiger partial charge in [-0.2, -0.15) is 0 Å². The fourth-order valence-electron chi connectivity index (χ4n) is 1.26. The number of aromatic nitrogens is 1. The predicted molar refractivity (Wildman–Crippen MR) is 46.4 cm³/mol. The summed E-state index contributed by atoms with van der Waals surface area (Å²) in [6, 6.07) is 3.06. The lowest BCUT2D eigenvalue weighted by molar-refractivity contribution is -0.119. The molecule has 0 aliphatic carbocycles. The van der Waals surface area contributed by atoms with E-state index < -0.39 is 6.04 Å². The van der Waals surface area contributed by atoms with Gasteiger partial charge >= 0.3 is 0 Å². The number of hydrogen-bond donors (Lipinski definition) is 1. The molecule has 1 aromatic rings. The van der Waals surface area contributed by atoms with Crippen molar-refractivity contribution >= 4 is 5.78 Å². The first-order valence-corrected chi connectivity index (χ1v) is 4.12. The number of nitrogens with two attached hydrogens (primary N) is 1. The lowest BCUT2D eigenvalue weighted by atomic mass is 10.1. The van der Waals surface area contributed by atoms with Gasteiger partial charge in [-0.25, -0.2) is 0 Å². The summed E-state index contributed by atoms with van der Waals surface area (Å²) in [6.07, 6.45) is 1.92. The molecule has 1 atom stereocenters. The van der Waals surface area contributed by atoms with Crippen LogP contribution in [0.25, 0.3) is 0 Å². The molecule has 1 aliphatic heterocycles. The first-order valence-electron chi connectivity index (χ1n) is 4.12. The molecule has 0 spiro atoms. The molecule has 0 radical (unpaired) electrons. The highest BCUT2D eigenvalue weighted by molar-refractivity contribution is 5.86. The minimum atomic E-state index is -0.519. The molecule has 0 amide bonds. The predicted octanol–water partition coefficient (Wildman–Crippen LogP) is -0.0871. The Morgan fingerprint density at radius 1 is 1.62 bits per heavy atom. The minimum Gasteiger partial charge on any atom is -0.490 e. The molecule has 0 bridgehead atoms. The Labute approximate surface area is 75.7 Å². The van der Waals surface area contributed by atoms with E-state index >= 15 is 0 Å². The second kappa shape index (κ2) is 3.14. The van der Waals surface area contributed by atoms with E-state index in [0.717, 1.165) is 0 Å². The number of hydrogen-bond acceptors (Lipinski definition) is 4. The molecular formula is C9H10N2O2. The molecule has 2 heterocycles. The summed E-state index contributed by atoms with van der Waals surface area (Å²) in [7, 11) is 0. The van der Waals surface area contributed by atoms with Crippen LogP contribution in [-0.2, 0) is 11.2 Å². The van der Waals surface area contributed by atoms with Crippen LogP contribution in [-0.4, -0.2) is 23.4 Å². The number of nitrogens with zero attached hydrogens (tertiary/aromatic N) is 1. The fraction of sp³-hybridized carbons (Fsp3) is 0.333. The third kappa shape index (κ3) is 1.53. The fourth-order valence-corrected chi connectivity index (χ4v) is 1.26. The third-order valence-electron chi connectivity index (χ3n) is 2.02. The van der Waals surface area contributed by atoms with Crippen LogP contribution in [0, 0.1) is 0 Å². The Bertz CT molecular complexity index is 338. The number of carbonyl (C=O) groups is 1. The highest BCUT2D eigenvalue weighted by Gasteiger charge is 2.21. The maximum Gasteiger partial charge on any atom is 0.159 e. The van der Waals surface area contributed by atoms with E-state index in [1.165, 1.54) is 0 Å². The van der Waals surface area contributed by atoms with Crippen LogP contribution in [0.15, 0.2) is 18.3 Å². The molecule has 0 saturated heterocycles. The van der Waals surface area contributed by atoms with Gasteiger partial charge in [-0.3, -0.25) is 9.78 Å². The van der Waals surface area contributed by atoms with Gasteiger partial charge in [-0.1, -0.05) is 0 Å². The molecule has 68 valence electrons. The van der Waals surface area contributed by atoms with E-state index in [9.17, 15) is 4.79 Å². The molecule has 13 heavy (non-hydrogen) atoms. The number of ether oxygens (including phenoxy) is 1. The van der Waals surface area contributed by atoms with Gasteiger partial charge in [0.15, 0.2) is 5.78 Å². The van der Waals surface area contributed by atoms with Gasteiger partial charge in [-0.05, 0) is 12.1 Å². The summed E-state index contributed by atoms with van der Waals surface area (Å²) in [5.41, 5.74) is 6.24. The monoisotopic (exact) mass is 178 g/mol. The zero-order valence-corrected chi connectivity index (χ0v) is 7.06. The molecule has 0 saturated carbocycles. The highest BCUT2D eigenvalue weighted by atomic mass is 16.5. The molecule has 0 fully saturated rings. The Morgan fingerprint density at radius 3 is 3.31 bits per heavy atom. The molecule has 2 N–H and O–H groups in total. The van der Waals surface area contributed by atoms with Crippen molar-refractivity contribution < 1.29 is 9.53 Å². The van der Waals surface area contributed by atoms with Gasteiger partial charge in [0.1, 0.15) is 12.4 Å². The van der Waals surface area contributed by atoms with Crippen LogP contribution in [0.2, 0.25) is 0 Å². The van der Waals surface area contributed by atoms with E-state index in [0.29, 0.717) is 11.4 Å². The summed E-state index contributed by atoms with van der Waals surface area (Å²) in [4.78, 5) is 15.4. The summed E-state index contributed by atoms with van der Waals surface area (Å²) in [5, 5.41) is 0. The zero-order valence-electron chi connectivity index (χ0n) is 7.06. The van der Waals surface area contributed by atoms with E-state index in [1.807, 2.05) is 0 Å². The number of rotatable bonds is 0. The first kappa shape index (κ1) is 8.19. The van der Waals surface area contributed by atoms with Crippen molar-refractivity contribution in [3.8, 4) is 5.75 Å². The summed E-state index contributed by atoms with van der Waals surface area (Å²) in [5.74, 6) is 0.654. The van der Waals surface area contributed by atoms with Gasteiger partial charge in [0, 0.05) is 6.20 Å². The van der Waals surface area contributed by atoms with Crippen molar-refractivity contribution in [2.75, 3.05) is 6.61 Å². The van der Waals surface area contributed by atoms with Gasteiger partial charge in [-0.15, -0.1) is 0 Å². The van der Waals surface area contributed by atoms with E-state index in [2.05, 4.69) is 4.98 Å². The maximum atomic E-state index is 11.3. The first-order chi connectivity index (χ1) is 6.27. The van der Waals surface area contributed by atoms with E-state index in [1.54, 1.807) is 18.3 Å². The Balaban J connectivity index is 2.35. The molecule has 1 aliphatic rings. The number of fused-ring (bicyclic) bond motifs is 1. The van der Waals surface area contributed by atoms with Crippen LogP contribution >= 0.6 is 0 Å². The van der Waals surface area contributed by atoms with Crippen molar-refractivity contribution in [2.45, 2.75) is 12.5 Å². The number of carbonyl (C=O) groups excluding carboxylic acids is 1. The molecule has 0 unspecified atom stereocenters. The molecule has 2 rings (SSSR count). The SMILES string of the molecule is N[C@H]1COc2cccnc2CC1=O. The standard InChI is InChI=1S/C9H10N2O2/c10-6-5-13-9-2-1-3-11-7(9)4-8(6)12/h1-3,6H,4-5,10H2/t6-/m0/s1. The number of Topliss-reactive ketones (excluding diaryl/α,β-unsaturated/α-hetero) is 1. The van der Waals surface area contributed by atoms with Gasteiger partial charge in [0.2, 0.25) is 0 Å². The lowest BCUT2D eigenvalue weighted by Gasteiger charge is -2.05. The number of ketones is 1. The van der Waals surface area contributed by atoms with Crippen molar-refractivity contribution in [3.05, 3.63) is 24.0 Å². The molecular weight excluding hydrogens is 168 g/mol. The van der Waals surface area contributed by atoms with E-state index in [4.69, 9.17) is 10.5 Å². The van der Waals surface area contributed by atoms with Crippen LogP contribution < -0.4 is 10.5 Å². The molecule has 1 aromatic heterocycles. The second-order valence-corrected chi connectivity index (χ2v) is 3.01. The van der Waals surface area contributed by atoms with Crippen LogP contribution in [0.1, 0.15) is 5.69 Å². The second-order valence-electron chi connectivity index (χ2n) is 3.01. The third-order valence-corrected chi connectivity index (χ3v) is 2.02. The van der Waals surface area contributed by atoms with Crippen molar-refractivity contribution in [1.29, 1.82) is 0 Å². The Hall–Kier alpha value is -1.42. The lowest BCUT2D eigenvalue weighted by Crippen LogP contribution is -2.35. The quantitative estimate of drug-likeness (QED) is 0.603. The van der Waals surface area contributed by atoms with Crippen molar-refractivity contribution in [3.63, 3.8) is 0 Å². The normalized spacial score (nSPS) is 21.6. The van der Waals surface area contributed by atoms with Crippen molar-refractivity contribution in [2.24, 2.45) is 5.73 Å². The summed E-state index contributed by atoms with van der Waals surface area (Å²) >= 11 is 0. The Kier molecular flexibility index (Phi) is 1.98. The Morgan fingerprint density at radius 2 is 2.46 bits per heavy atom. The van der Waals surface area contributed by atoms with Crippen molar-refractivity contribution in [1.82, 2.24) is 4.98 Å². The van der Waals surface area contributed by atoms with E-state index in [-0.39, 0.29) is 18.8 Å². The van der Waals surface area contributed by atoms with Gasteiger partial charge in [0.25, 0.3) is 0 Å². The maximum absolute atomic E-state index is 11.3. The summed E-state index contributed by atoms with van der Waals surface area (Å²) < 4.78 is 5.32. The average Bonchev–Trinajstić information content (AvgIpc) is 2.28. The average molecular weight is 178 g/mol. The minimum absolute atomic E-state index is 0.0162. The van der Waals surface area contributed by atoms with Crippen LogP contribution in [0.3, 0.4) is 0 Å². The molecule has 4 heteroatoms. The smallest absolute Gasteiger partial charge is 0.159 e. The van der Waals surface area contributed by atoms with Gasteiger partial charge < -0.3 is 10.5 Å². The van der Waals surface area contributed by atoms with Crippen LogP contribution in [0.4, 0.5) is 0 Å². The highest BCUT2D eigenvalue weighted by Crippen LogP contribution is 2.19. The van der Waals surface area contributed by atoms with Crippen LogP contribution in [0.5, 0.6) is 5.75 Å². The largest absolute Gasteiger partial charge is 0.490 e. The zero-order chi connectivity index (χ0) is 9.26. The van der Waals surface area contributed by atoms with Gasteiger partial charge in [0.05, 0.1) is 18.2 Å².